The molecule has 4 rings (SSSR count). The van der Waals surface area contributed by atoms with Gasteiger partial charge in [-0.25, -0.2) is 0 Å². The molecular weight excluding hydrogens is 472 g/mol. The van der Waals surface area contributed by atoms with Gasteiger partial charge in [0, 0.05) is 23.7 Å². The topological polar surface area (TPSA) is 82.4 Å². The predicted octanol–water partition coefficient (Wildman–Crippen LogP) is 5.36. The number of hydrogen-bond acceptors (Lipinski definition) is 8. The highest BCUT2D eigenvalue weighted by Crippen LogP contribution is 2.52. The summed E-state index contributed by atoms with van der Waals surface area (Å²) in [5.41, 5.74) is 1.42. The van der Waals surface area contributed by atoms with Crippen LogP contribution in [0.2, 0.25) is 0 Å². The van der Waals surface area contributed by atoms with Crippen molar-refractivity contribution in [2.45, 2.75) is 65.3 Å². The van der Waals surface area contributed by atoms with Gasteiger partial charge in [0.1, 0.15) is 5.41 Å². The van der Waals surface area contributed by atoms with E-state index in [0.29, 0.717) is 49.2 Å². The second-order valence-corrected chi connectivity index (χ2v) is 9.76. The third-order valence-electron chi connectivity index (χ3n) is 7.31. The Bertz CT molecular complexity index is 1120. The van der Waals surface area contributed by atoms with E-state index in [4.69, 9.17) is 28.4 Å². The van der Waals surface area contributed by atoms with Gasteiger partial charge < -0.3 is 28.4 Å². The van der Waals surface area contributed by atoms with Crippen molar-refractivity contribution in [3.8, 4) is 40.6 Å². The molecule has 0 aromatic heterocycles. The molecule has 0 N–H and O–H groups in total. The van der Waals surface area contributed by atoms with E-state index in [1.165, 1.54) is 0 Å². The van der Waals surface area contributed by atoms with Crippen LogP contribution in [0.1, 0.15) is 51.2 Å². The Hall–Kier alpha value is -3.31. The van der Waals surface area contributed by atoms with E-state index in [9.17, 15) is 5.26 Å². The number of likely N-dealkylation sites (N-methyl/N-ethyl adjacent to an activating group) is 1. The SMILES string of the molecule is CCOc1c2c(c(OCC)c(OC)c1OC)CN(C)C(CCCC(C)(C#N)C1Oc3ccccc3O1)C2. The second-order valence-electron chi connectivity index (χ2n) is 9.76. The first-order valence-corrected chi connectivity index (χ1v) is 13.0. The molecule has 8 heteroatoms. The summed E-state index contributed by atoms with van der Waals surface area (Å²) in [4.78, 5) is 2.34. The molecular formula is C29H38N2O6. The van der Waals surface area contributed by atoms with Gasteiger partial charge in [-0.1, -0.05) is 18.6 Å². The van der Waals surface area contributed by atoms with Crippen molar-refractivity contribution in [3.63, 3.8) is 0 Å². The molecule has 2 aliphatic rings. The molecule has 0 saturated heterocycles. The molecule has 8 nitrogen and oxygen atoms in total. The van der Waals surface area contributed by atoms with Crippen LogP contribution in [0.4, 0.5) is 0 Å². The van der Waals surface area contributed by atoms with Crippen molar-refractivity contribution in [2.24, 2.45) is 5.41 Å². The summed E-state index contributed by atoms with van der Waals surface area (Å²) in [6.07, 6.45) is 2.59. The minimum atomic E-state index is -0.765. The summed E-state index contributed by atoms with van der Waals surface area (Å²) in [6, 6.07) is 10.3. The number of para-hydroxylation sites is 2. The highest BCUT2D eigenvalue weighted by atomic mass is 16.7. The highest BCUT2D eigenvalue weighted by Gasteiger charge is 2.42. The predicted molar refractivity (Wildman–Crippen MR) is 140 cm³/mol. The molecule has 2 unspecified atom stereocenters. The van der Waals surface area contributed by atoms with Gasteiger partial charge in [0.25, 0.3) is 6.29 Å². The van der Waals surface area contributed by atoms with Crippen LogP contribution in [0.5, 0.6) is 34.5 Å². The first-order chi connectivity index (χ1) is 17.9. The van der Waals surface area contributed by atoms with E-state index in [0.717, 1.165) is 41.9 Å². The molecule has 0 saturated carbocycles. The summed E-state index contributed by atoms with van der Waals surface area (Å²) in [5.74, 6) is 3.97. The van der Waals surface area contributed by atoms with Crippen molar-refractivity contribution in [1.82, 2.24) is 4.90 Å². The molecule has 2 heterocycles. The fraction of sp³-hybridized carbons (Fsp3) is 0.552. The van der Waals surface area contributed by atoms with Crippen LogP contribution < -0.4 is 28.4 Å². The maximum absolute atomic E-state index is 10.1. The summed E-state index contributed by atoms with van der Waals surface area (Å²) in [6.45, 7) is 7.60. The lowest BCUT2D eigenvalue weighted by Gasteiger charge is -2.37. The Morgan fingerprint density at radius 1 is 0.973 bits per heavy atom. The number of hydrogen-bond donors (Lipinski definition) is 0. The largest absolute Gasteiger partial charge is 0.490 e. The third-order valence-corrected chi connectivity index (χ3v) is 7.31. The first-order valence-electron chi connectivity index (χ1n) is 13.0. The van der Waals surface area contributed by atoms with Crippen molar-refractivity contribution in [2.75, 3.05) is 34.5 Å². The lowest BCUT2D eigenvalue weighted by molar-refractivity contribution is -0.0353. The van der Waals surface area contributed by atoms with Crippen LogP contribution in [0.15, 0.2) is 24.3 Å². The number of nitrogens with zero attached hydrogens (tertiary/aromatic N) is 2. The fourth-order valence-corrected chi connectivity index (χ4v) is 5.29. The van der Waals surface area contributed by atoms with Crippen molar-refractivity contribution >= 4 is 0 Å². The molecule has 0 amide bonds. The smallest absolute Gasteiger partial charge is 0.259 e. The zero-order chi connectivity index (χ0) is 26.6. The summed E-state index contributed by atoms with van der Waals surface area (Å²) in [5, 5.41) is 10.1. The highest BCUT2D eigenvalue weighted by molar-refractivity contribution is 5.68. The molecule has 2 aromatic carbocycles. The molecule has 0 fully saturated rings. The van der Waals surface area contributed by atoms with Gasteiger partial charge >= 0.3 is 0 Å². The monoisotopic (exact) mass is 510 g/mol. The Morgan fingerprint density at radius 3 is 2.05 bits per heavy atom. The Balaban J connectivity index is 1.52. The van der Waals surface area contributed by atoms with Crippen LogP contribution in [0, 0.1) is 16.7 Å². The standard InChI is InChI=1S/C29H38N2O6/c1-7-34-24-20-16-19(31(4)17-21(20)25(35-8-2)27(33-6)26(24)32-5)12-11-15-29(3,18-30)28-36-22-13-9-10-14-23(22)37-28/h9-10,13-14,19,28H,7-8,11-12,15-17H2,1-6H3. The average molecular weight is 511 g/mol. The first kappa shape index (κ1) is 26.7. The third kappa shape index (κ3) is 5.10. The molecule has 0 aliphatic carbocycles. The number of nitriles is 1. The fourth-order valence-electron chi connectivity index (χ4n) is 5.29. The van der Waals surface area contributed by atoms with E-state index >= 15 is 0 Å². The summed E-state index contributed by atoms with van der Waals surface area (Å²) < 4.78 is 35.6. The second kappa shape index (κ2) is 11.4. The molecule has 200 valence electrons. The van der Waals surface area contributed by atoms with Crippen LogP contribution in [-0.2, 0) is 13.0 Å². The van der Waals surface area contributed by atoms with Gasteiger partial charge in [0.15, 0.2) is 23.0 Å². The van der Waals surface area contributed by atoms with E-state index in [-0.39, 0.29) is 6.04 Å². The number of methoxy groups -OCH3 is 2. The number of ether oxygens (including phenoxy) is 6. The van der Waals surface area contributed by atoms with Crippen LogP contribution in [0.25, 0.3) is 0 Å². The normalized spacial score (nSPS) is 18.5. The Morgan fingerprint density at radius 2 is 1.54 bits per heavy atom. The average Bonchev–Trinajstić information content (AvgIpc) is 3.35. The zero-order valence-electron chi connectivity index (χ0n) is 22.8. The van der Waals surface area contributed by atoms with Gasteiger partial charge in [-0.15, -0.1) is 0 Å². The van der Waals surface area contributed by atoms with Crippen LogP contribution in [-0.4, -0.2) is 51.7 Å². The zero-order valence-corrected chi connectivity index (χ0v) is 22.8. The summed E-state index contributed by atoms with van der Waals surface area (Å²) in [7, 11) is 5.38. The quantitative estimate of drug-likeness (QED) is 0.400. The Kier molecular flexibility index (Phi) is 8.23. The molecule has 2 atom stereocenters. The van der Waals surface area contributed by atoms with E-state index < -0.39 is 11.7 Å². The van der Waals surface area contributed by atoms with Crippen LogP contribution in [0.3, 0.4) is 0 Å². The summed E-state index contributed by atoms with van der Waals surface area (Å²) >= 11 is 0. The van der Waals surface area contributed by atoms with Gasteiger partial charge in [0.2, 0.25) is 11.5 Å². The van der Waals surface area contributed by atoms with Gasteiger partial charge in [-0.05, 0) is 59.2 Å². The van der Waals surface area contributed by atoms with Crippen molar-refractivity contribution in [1.29, 1.82) is 5.26 Å². The number of benzene rings is 2. The maximum atomic E-state index is 10.1. The molecule has 37 heavy (non-hydrogen) atoms. The van der Waals surface area contributed by atoms with Gasteiger partial charge in [-0.3, -0.25) is 4.90 Å². The Labute approximate surface area is 220 Å². The van der Waals surface area contributed by atoms with Crippen LogP contribution >= 0.6 is 0 Å². The molecule has 0 radical (unpaired) electrons. The van der Waals surface area contributed by atoms with Crippen molar-refractivity contribution < 1.29 is 28.4 Å². The maximum Gasteiger partial charge on any atom is 0.259 e. The van der Waals surface area contributed by atoms with E-state index in [2.05, 4.69) is 18.0 Å². The molecule has 0 spiro atoms. The molecule has 2 aromatic rings. The number of fused-ring (bicyclic) bond motifs is 2. The van der Waals surface area contributed by atoms with E-state index in [1.807, 2.05) is 45.0 Å². The van der Waals surface area contributed by atoms with E-state index in [1.54, 1.807) is 14.2 Å². The number of rotatable bonds is 11. The lowest BCUT2D eigenvalue weighted by Crippen LogP contribution is -2.40. The molecule has 0 bridgehead atoms. The van der Waals surface area contributed by atoms with Gasteiger partial charge in [0.05, 0.1) is 33.5 Å². The minimum Gasteiger partial charge on any atom is -0.490 e. The van der Waals surface area contributed by atoms with Gasteiger partial charge in [-0.2, -0.15) is 5.26 Å². The molecule has 2 aliphatic heterocycles. The lowest BCUT2D eigenvalue weighted by atomic mass is 9.83. The van der Waals surface area contributed by atoms with Crippen molar-refractivity contribution in [3.05, 3.63) is 35.4 Å². The minimum absolute atomic E-state index is 0.268.